The maximum atomic E-state index is 12.1. The van der Waals surface area contributed by atoms with E-state index in [-0.39, 0.29) is 5.91 Å². The van der Waals surface area contributed by atoms with Crippen LogP contribution in [-0.2, 0) is 4.79 Å². The van der Waals surface area contributed by atoms with Crippen molar-refractivity contribution in [3.05, 3.63) is 54.6 Å². The lowest BCUT2D eigenvalue weighted by Crippen LogP contribution is -2.48. The lowest BCUT2D eigenvalue weighted by molar-refractivity contribution is -0.120. The summed E-state index contributed by atoms with van der Waals surface area (Å²) in [6.45, 7) is 3.79. The highest BCUT2D eigenvalue weighted by molar-refractivity contribution is 5.97. The van der Waals surface area contributed by atoms with Gasteiger partial charge >= 0.3 is 0 Å². The Morgan fingerprint density at radius 2 is 1.62 bits per heavy atom. The van der Waals surface area contributed by atoms with Crippen LogP contribution in [-0.4, -0.2) is 11.4 Å². The van der Waals surface area contributed by atoms with Gasteiger partial charge in [-0.15, -0.1) is 0 Å². The summed E-state index contributed by atoms with van der Waals surface area (Å²) < 4.78 is 0. The topological polar surface area (TPSA) is 55.1 Å². The molecule has 0 fully saturated rings. The maximum Gasteiger partial charge on any atom is 0.244 e. The monoisotopic (exact) mass is 282 g/mol. The van der Waals surface area contributed by atoms with E-state index in [1.165, 1.54) is 0 Å². The molecule has 2 rings (SSSR count). The molecule has 2 aromatic rings. The number of nitrogens with two attached hydrogens (primary N) is 1. The van der Waals surface area contributed by atoms with E-state index in [0.29, 0.717) is 6.42 Å². The zero-order chi connectivity index (χ0) is 15.3. The number of carbonyl (C=O) groups is 1. The molecule has 0 heterocycles. The minimum absolute atomic E-state index is 0.142. The van der Waals surface area contributed by atoms with Crippen LogP contribution in [0.2, 0.25) is 0 Å². The molecule has 0 aromatic heterocycles. The van der Waals surface area contributed by atoms with Crippen LogP contribution >= 0.6 is 0 Å². The molecule has 1 atom stereocenters. The number of hydrogen-bond donors (Lipinski definition) is 2. The number of carbonyl (C=O) groups excluding carboxylic acids is 1. The van der Waals surface area contributed by atoms with Crippen molar-refractivity contribution >= 4 is 11.6 Å². The van der Waals surface area contributed by atoms with Crippen molar-refractivity contribution in [1.29, 1.82) is 0 Å². The molecular formula is C18H22N2O. The normalized spacial score (nSPS) is 13.5. The molecule has 0 spiro atoms. The molecule has 2 aromatic carbocycles. The molecule has 0 aliphatic carbocycles. The number of hydrogen-bond acceptors (Lipinski definition) is 2. The summed E-state index contributed by atoms with van der Waals surface area (Å²) in [5, 5.41) is 2.88. The van der Waals surface area contributed by atoms with Gasteiger partial charge in [0.2, 0.25) is 5.91 Å². The Morgan fingerprint density at radius 1 is 1.05 bits per heavy atom. The van der Waals surface area contributed by atoms with E-state index in [1.54, 1.807) is 6.92 Å². The second kappa shape index (κ2) is 6.55. The molecule has 0 bridgehead atoms. The van der Waals surface area contributed by atoms with E-state index in [9.17, 15) is 4.79 Å². The lowest BCUT2D eigenvalue weighted by atomic mass is 9.96. The van der Waals surface area contributed by atoms with Gasteiger partial charge in [-0.3, -0.25) is 4.79 Å². The molecule has 0 radical (unpaired) electrons. The first-order chi connectivity index (χ1) is 10.0. The van der Waals surface area contributed by atoms with Crippen LogP contribution in [0.4, 0.5) is 5.69 Å². The Labute approximate surface area is 126 Å². The molecule has 0 aliphatic rings. The standard InChI is InChI=1S/C18H22N2O/c1-3-13-18(2,19)17(21)20-16-11-9-15(10-12-16)14-7-5-4-6-8-14/h4-12H,3,13,19H2,1-2H3,(H,20,21). The van der Waals surface area contributed by atoms with Gasteiger partial charge < -0.3 is 11.1 Å². The Hall–Kier alpha value is -2.13. The quantitative estimate of drug-likeness (QED) is 0.876. The summed E-state index contributed by atoms with van der Waals surface area (Å²) >= 11 is 0. The van der Waals surface area contributed by atoms with Gasteiger partial charge in [-0.25, -0.2) is 0 Å². The highest BCUT2D eigenvalue weighted by atomic mass is 16.2. The minimum atomic E-state index is -0.827. The molecular weight excluding hydrogens is 260 g/mol. The van der Waals surface area contributed by atoms with E-state index in [0.717, 1.165) is 23.2 Å². The summed E-state index contributed by atoms with van der Waals surface area (Å²) in [5.74, 6) is -0.142. The highest BCUT2D eigenvalue weighted by Crippen LogP contribution is 2.21. The van der Waals surface area contributed by atoms with E-state index in [1.807, 2.05) is 49.4 Å². The second-order valence-corrected chi connectivity index (χ2v) is 5.56. The van der Waals surface area contributed by atoms with E-state index >= 15 is 0 Å². The average Bonchev–Trinajstić information content (AvgIpc) is 2.49. The fourth-order valence-corrected chi connectivity index (χ4v) is 2.28. The van der Waals surface area contributed by atoms with E-state index in [2.05, 4.69) is 17.4 Å². The fourth-order valence-electron chi connectivity index (χ4n) is 2.28. The third-order valence-corrected chi connectivity index (χ3v) is 3.54. The smallest absolute Gasteiger partial charge is 0.244 e. The minimum Gasteiger partial charge on any atom is -0.325 e. The summed E-state index contributed by atoms with van der Waals surface area (Å²) in [6.07, 6.45) is 1.55. The van der Waals surface area contributed by atoms with Crippen LogP contribution in [0.3, 0.4) is 0 Å². The van der Waals surface area contributed by atoms with Crippen molar-refractivity contribution in [2.24, 2.45) is 5.73 Å². The van der Waals surface area contributed by atoms with Crippen LogP contribution in [0.1, 0.15) is 26.7 Å². The van der Waals surface area contributed by atoms with Crippen molar-refractivity contribution in [3.63, 3.8) is 0 Å². The van der Waals surface area contributed by atoms with Gasteiger partial charge in [0.25, 0.3) is 0 Å². The summed E-state index contributed by atoms with van der Waals surface area (Å²) in [7, 11) is 0. The first kappa shape index (κ1) is 15.3. The van der Waals surface area contributed by atoms with Gasteiger partial charge in [0.05, 0.1) is 5.54 Å². The van der Waals surface area contributed by atoms with E-state index < -0.39 is 5.54 Å². The number of anilines is 1. The van der Waals surface area contributed by atoms with Crippen LogP contribution in [0, 0.1) is 0 Å². The number of amides is 1. The Kier molecular flexibility index (Phi) is 4.76. The average molecular weight is 282 g/mol. The van der Waals surface area contributed by atoms with Gasteiger partial charge in [0.1, 0.15) is 0 Å². The maximum absolute atomic E-state index is 12.1. The lowest BCUT2D eigenvalue weighted by Gasteiger charge is -2.22. The molecule has 0 aliphatic heterocycles. The number of rotatable bonds is 5. The summed E-state index contributed by atoms with van der Waals surface area (Å²) in [5.41, 5.74) is 8.25. The molecule has 0 saturated heterocycles. The van der Waals surface area contributed by atoms with E-state index in [4.69, 9.17) is 5.73 Å². The molecule has 21 heavy (non-hydrogen) atoms. The second-order valence-electron chi connectivity index (χ2n) is 5.56. The molecule has 1 unspecified atom stereocenters. The SMILES string of the molecule is CCCC(C)(N)C(=O)Nc1ccc(-c2ccccc2)cc1. The highest BCUT2D eigenvalue weighted by Gasteiger charge is 2.26. The molecule has 0 saturated carbocycles. The molecule has 3 nitrogen and oxygen atoms in total. The fraction of sp³-hybridized carbons (Fsp3) is 0.278. The van der Waals surface area contributed by atoms with Crippen LogP contribution in [0.5, 0.6) is 0 Å². The summed E-state index contributed by atoms with van der Waals surface area (Å²) in [6, 6.07) is 17.9. The Balaban J connectivity index is 2.08. The van der Waals surface area contributed by atoms with Gasteiger partial charge in [-0.2, -0.15) is 0 Å². The first-order valence-electron chi connectivity index (χ1n) is 7.29. The van der Waals surface area contributed by atoms with Crippen molar-refractivity contribution < 1.29 is 4.79 Å². The molecule has 110 valence electrons. The molecule has 3 heteroatoms. The summed E-state index contributed by atoms with van der Waals surface area (Å²) in [4.78, 5) is 12.1. The van der Waals surface area contributed by atoms with Gasteiger partial charge in [-0.1, -0.05) is 55.8 Å². The number of nitrogens with one attached hydrogen (secondary N) is 1. The van der Waals surface area contributed by atoms with Crippen LogP contribution in [0.15, 0.2) is 54.6 Å². The predicted molar refractivity (Wildman–Crippen MR) is 88.0 cm³/mol. The third kappa shape index (κ3) is 3.92. The van der Waals surface area contributed by atoms with Gasteiger partial charge in [0.15, 0.2) is 0 Å². The largest absolute Gasteiger partial charge is 0.325 e. The van der Waals surface area contributed by atoms with Crippen molar-refractivity contribution in [2.75, 3.05) is 5.32 Å². The zero-order valence-electron chi connectivity index (χ0n) is 12.6. The Bertz CT molecular complexity index is 588. The van der Waals surface area contributed by atoms with Crippen molar-refractivity contribution in [3.8, 4) is 11.1 Å². The third-order valence-electron chi connectivity index (χ3n) is 3.54. The molecule has 1 amide bonds. The number of benzene rings is 2. The van der Waals surface area contributed by atoms with Gasteiger partial charge in [0, 0.05) is 5.69 Å². The molecule has 3 N–H and O–H groups in total. The van der Waals surface area contributed by atoms with Crippen molar-refractivity contribution in [2.45, 2.75) is 32.2 Å². The predicted octanol–water partition coefficient (Wildman–Crippen LogP) is 3.81. The van der Waals surface area contributed by atoms with Crippen LogP contribution in [0.25, 0.3) is 11.1 Å². The zero-order valence-corrected chi connectivity index (χ0v) is 12.6. The first-order valence-corrected chi connectivity index (χ1v) is 7.29. The van der Waals surface area contributed by atoms with Crippen LogP contribution < -0.4 is 11.1 Å². The Morgan fingerprint density at radius 3 is 2.19 bits per heavy atom. The van der Waals surface area contributed by atoms with Crippen molar-refractivity contribution in [1.82, 2.24) is 0 Å². The van der Waals surface area contributed by atoms with Gasteiger partial charge in [-0.05, 0) is 36.6 Å².